The lowest BCUT2D eigenvalue weighted by Gasteiger charge is -1.99. The van der Waals surface area contributed by atoms with Crippen molar-refractivity contribution < 1.29 is 4.79 Å². The third-order valence-corrected chi connectivity index (χ3v) is 5.20. The van der Waals surface area contributed by atoms with Crippen molar-refractivity contribution in [1.29, 1.82) is 0 Å². The Morgan fingerprint density at radius 3 is 3.08 bits per heavy atom. The molecule has 132 valence electrons. The molecule has 0 radical (unpaired) electrons. The van der Waals surface area contributed by atoms with Crippen LogP contribution in [0.2, 0.25) is 0 Å². The molecule has 0 unspecified atom stereocenters. The summed E-state index contributed by atoms with van der Waals surface area (Å²) in [6, 6.07) is 8.18. The molecule has 1 N–H and O–H groups in total. The molecule has 2 aromatic heterocycles. The molecule has 3 heterocycles. The van der Waals surface area contributed by atoms with Crippen molar-refractivity contribution in [2.45, 2.75) is 13.0 Å². The molecule has 1 aliphatic rings. The van der Waals surface area contributed by atoms with E-state index >= 15 is 0 Å². The molecule has 6 nitrogen and oxygen atoms in total. The first-order valence-corrected chi connectivity index (χ1v) is 9.27. The average Bonchev–Trinajstić information content (AvgIpc) is 3.34. The molecule has 1 aliphatic heterocycles. The van der Waals surface area contributed by atoms with Gasteiger partial charge in [-0.05, 0) is 30.3 Å². The second-order valence-corrected chi connectivity index (χ2v) is 7.15. The zero-order valence-electron chi connectivity index (χ0n) is 14.4. The third kappa shape index (κ3) is 3.43. The molecular formula is C19H19N5OS. The Hall–Kier alpha value is -2.80. The van der Waals surface area contributed by atoms with Crippen LogP contribution in [-0.4, -0.2) is 31.7 Å². The first-order valence-electron chi connectivity index (χ1n) is 8.46. The van der Waals surface area contributed by atoms with Crippen molar-refractivity contribution in [2.24, 2.45) is 12.0 Å². The number of hydrogen-bond donors (Lipinski definition) is 1. The minimum atomic E-state index is -0.0868. The van der Waals surface area contributed by atoms with Gasteiger partial charge < -0.3 is 14.5 Å². The van der Waals surface area contributed by atoms with Gasteiger partial charge in [0.15, 0.2) is 5.17 Å². The largest absolute Gasteiger partial charge is 0.350 e. The summed E-state index contributed by atoms with van der Waals surface area (Å²) in [6.45, 7) is 1.54. The SMILES string of the molecule is Cn1cc(/C=C2\SC(=NCCCn3ccnc3)NC2=O)c2ccccc21. The van der Waals surface area contributed by atoms with Gasteiger partial charge in [0, 0.05) is 55.2 Å². The summed E-state index contributed by atoms with van der Waals surface area (Å²) in [5, 5.41) is 4.67. The molecular weight excluding hydrogens is 346 g/mol. The van der Waals surface area contributed by atoms with Crippen LogP contribution in [0.15, 0.2) is 59.1 Å². The molecule has 1 saturated heterocycles. The van der Waals surface area contributed by atoms with Crippen molar-refractivity contribution in [2.75, 3.05) is 6.54 Å². The molecule has 26 heavy (non-hydrogen) atoms. The number of benzene rings is 1. The number of nitrogens with one attached hydrogen (secondary N) is 1. The number of amides is 1. The number of fused-ring (bicyclic) bond motifs is 1. The Kier molecular flexibility index (Phi) is 4.62. The molecule has 7 heteroatoms. The van der Waals surface area contributed by atoms with Gasteiger partial charge in [-0.3, -0.25) is 9.79 Å². The number of nitrogens with zero attached hydrogens (tertiary/aromatic N) is 4. The van der Waals surface area contributed by atoms with Gasteiger partial charge in [-0.25, -0.2) is 4.98 Å². The highest BCUT2D eigenvalue weighted by molar-refractivity contribution is 8.18. The fourth-order valence-electron chi connectivity index (χ4n) is 2.98. The van der Waals surface area contributed by atoms with E-state index in [4.69, 9.17) is 0 Å². The van der Waals surface area contributed by atoms with Crippen LogP contribution in [-0.2, 0) is 18.4 Å². The number of carbonyl (C=O) groups is 1. The van der Waals surface area contributed by atoms with Crippen molar-refractivity contribution in [3.8, 4) is 0 Å². The first-order chi connectivity index (χ1) is 12.7. The summed E-state index contributed by atoms with van der Waals surface area (Å²) in [5.41, 5.74) is 2.19. The summed E-state index contributed by atoms with van der Waals surface area (Å²) in [4.78, 5) is 21.4. The van der Waals surface area contributed by atoms with E-state index < -0.39 is 0 Å². The molecule has 0 aliphatic carbocycles. The fraction of sp³-hybridized carbons (Fsp3) is 0.211. The van der Waals surface area contributed by atoms with Crippen LogP contribution >= 0.6 is 11.8 Å². The minimum Gasteiger partial charge on any atom is -0.350 e. The van der Waals surface area contributed by atoms with Crippen LogP contribution in [0.1, 0.15) is 12.0 Å². The van der Waals surface area contributed by atoms with Gasteiger partial charge in [0.05, 0.1) is 11.2 Å². The number of rotatable bonds is 5. The molecule has 1 fully saturated rings. The highest BCUT2D eigenvalue weighted by atomic mass is 32.2. The molecule has 3 aromatic rings. The summed E-state index contributed by atoms with van der Waals surface area (Å²) >= 11 is 1.40. The van der Waals surface area contributed by atoms with Crippen LogP contribution in [0, 0.1) is 0 Å². The molecule has 4 rings (SSSR count). The highest BCUT2D eigenvalue weighted by Crippen LogP contribution is 2.29. The van der Waals surface area contributed by atoms with Gasteiger partial charge in [0.25, 0.3) is 5.91 Å². The summed E-state index contributed by atoms with van der Waals surface area (Å²) < 4.78 is 4.09. The zero-order chi connectivity index (χ0) is 17.9. The van der Waals surface area contributed by atoms with Crippen LogP contribution in [0.5, 0.6) is 0 Å². The van der Waals surface area contributed by atoms with E-state index in [9.17, 15) is 4.79 Å². The lowest BCUT2D eigenvalue weighted by molar-refractivity contribution is -0.115. The van der Waals surface area contributed by atoms with E-state index in [0.29, 0.717) is 16.6 Å². The number of para-hydroxylation sites is 1. The van der Waals surface area contributed by atoms with Gasteiger partial charge in [-0.2, -0.15) is 0 Å². The van der Waals surface area contributed by atoms with Gasteiger partial charge in [0.1, 0.15) is 0 Å². The number of aromatic nitrogens is 3. The molecule has 0 bridgehead atoms. The zero-order valence-corrected chi connectivity index (χ0v) is 15.2. The summed E-state index contributed by atoms with van der Waals surface area (Å²) in [7, 11) is 2.01. The van der Waals surface area contributed by atoms with Gasteiger partial charge in [-0.15, -0.1) is 0 Å². The Labute approximate surface area is 155 Å². The average molecular weight is 365 g/mol. The molecule has 0 atom stereocenters. The van der Waals surface area contributed by atoms with E-state index in [1.807, 2.05) is 42.2 Å². The maximum atomic E-state index is 12.3. The number of amidine groups is 1. The normalized spacial score (nSPS) is 17.5. The first kappa shape index (κ1) is 16.7. The number of carbonyl (C=O) groups excluding carboxylic acids is 1. The van der Waals surface area contributed by atoms with Crippen LogP contribution < -0.4 is 5.32 Å². The highest BCUT2D eigenvalue weighted by Gasteiger charge is 2.23. The van der Waals surface area contributed by atoms with Crippen molar-refractivity contribution >= 4 is 39.8 Å². The lowest BCUT2D eigenvalue weighted by atomic mass is 10.1. The molecule has 0 spiro atoms. The Morgan fingerprint density at radius 1 is 1.35 bits per heavy atom. The molecule has 1 amide bonds. The maximum absolute atomic E-state index is 12.3. The van der Waals surface area contributed by atoms with Gasteiger partial charge in [0.2, 0.25) is 0 Å². The van der Waals surface area contributed by atoms with Crippen molar-refractivity contribution in [1.82, 2.24) is 19.4 Å². The second-order valence-electron chi connectivity index (χ2n) is 6.12. The van der Waals surface area contributed by atoms with Crippen LogP contribution in [0.25, 0.3) is 17.0 Å². The maximum Gasteiger partial charge on any atom is 0.264 e. The number of aliphatic imine (C=N–C) groups is 1. The number of aryl methyl sites for hydroxylation is 2. The monoisotopic (exact) mass is 365 g/mol. The smallest absolute Gasteiger partial charge is 0.264 e. The quantitative estimate of drug-likeness (QED) is 0.558. The van der Waals surface area contributed by atoms with Crippen molar-refractivity contribution in [3.63, 3.8) is 0 Å². The number of hydrogen-bond acceptors (Lipinski definition) is 4. The molecule has 0 saturated carbocycles. The Morgan fingerprint density at radius 2 is 2.23 bits per heavy atom. The van der Waals surface area contributed by atoms with E-state index in [1.165, 1.54) is 11.8 Å². The van der Waals surface area contributed by atoms with Crippen LogP contribution in [0.3, 0.4) is 0 Å². The summed E-state index contributed by atoms with van der Waals surface area (Å²) in [6.07, 6.45) is 10.4. The number of imidazole rings is 1. The lowest BCUT2D eigenvalue weighted by Crippen LogP contribution is -2.20. The predicted octanol–water partition coefficient (Wildman–Crippen LogP) is 3.03. The van der Waals surface area contributed by atoms with Gasteiger partial charge in [-0.1, -0.05) is 18.2 Å². The van der Waals surface area contributed by atoms with Crippen LogP contribution in [0.4, 0.5) is 0 Å². The number of thioether (sulfide) groups is 1. The Balaban J connectivity index is 1.45. The second kappa shape index (κ2) is 7.21. The third-order valence-electron chi connectivity index (χ3n) is 4.25. The van der Waals surface area contributed by atoms with Crippen molar-refractivity contribution in [3.05, 3.63) is 59.7 Å². The van der Waals surface area contributed by atoms with E-state index in [2.05, 4.69) is 32.0 Å². The fourth-order valence-corrected chi connectivity index (χ4v) is 3.82. The van der Waals surface area contributed by atoms with E-state index in [1.54, 1.807) is 12.5 Å². The molecule has 1 aromatic carbocycles. The minimum absolute atomic E-state index is 0.0868. The van der Waals surface area contributed by atoms with E-state index in [-0.39, 0.29) is 5.91 Å². The standard InChI is InChI=1S/C19H19N5OS/c1-23-12-14(15-5-2-3-6-16(15)23)11-17-18(25)22-19(26-17)21-7-4-9-24-10-8-20-13-24/h2-3,5-6,8,10-13H,4,7,9H2,1H3,(H,21,22,25)/b17-11-. The Bertz CT molecular complexity index is 1000. The summed E-state index contributed by atoms with van der Waals surface area (Å²) in [5.74, 6) is -0.0868. The topological polar surface area (TPSA) is 64.2 Å². The predicted molar refractivity (Wildman–Crippen MR) is 106 cm³/mol. The van der Waals surface area contributed by atoms with Gasteiger partial charge >= 0.3 is 0 Å². The van der Waals surface area contributed by atoms with E-state index in [0.717, 1.165) is 29.4 Å².